The molecule has 0 bridgehead atoms. The number of amides is 1. The summed E-state index contributed by atoms with van der Waals surface area (Å²) in [4.78, 5) is 42.8. The number of carbonyl (C=O) groups is 1. The second kappa shape index (κ2) is 8.52. The van der Waals surface area contributed by atoms with Gasteiger partial charge in [0.15, 0.2) is 11.9 Å². The summed E-state index contributed by atoms with van der Waals surface area (Å²) in [6.07, 6.45) is 3.76. The average Bonchev–Trinajstić information content (AvgIpc) is 3.39. The number of rotatable bonds is 4. The molecule has 5 aromatic rings. The number of aliphatic hydroxyl groups is 1. The van der Waals surface area contributed by atoms with Gasteiger partial charge in [-0.2, -0.15) is 0 Å². The molecule has 1 amide bonds. The summed E-state index contributed by atoms with van der Waals surface area (Å²) in [6, 6.07) is 10.3. The lowest BCUT2D eigenvalue weighted by atomic mass is 10.1. The van der Waals surface area contributed by atoms with E-state index in [9.17, 15) is 14.7 Å². The van der Waals surface area contributed by atoms with Gasteiger partial charge in [0.1, 0.15) is 17.7 Å². The summed E-state index contributed by atoms with van der Waals surface area (Å²) in [5.74, 6) is 0.144. The van der Waals surface area contributed by atoms with E-state index in [1.54, 1.807) is 59.7 Å². The Balaban J connectivity index is 1.32. The first-order chi connectivity index (χ1) is 17.5. The minimum atomic E-state index is -1.50. The first-order valence-corrected chi connectivity index (χ1v) is 11.2. The number of aliphatic hydroxyl groups excluding tert-OH is 1. The van der Waals surface area contributed by atoms with Crippen LogP contribution in [0, 0.1) is 0 Å². The largest absolute Gasteiger partial charge is 0.383 e. The topological polar surface area (TPSA) is 165 Å². The van der Waals surface area contributed by atoms with Crippen molar-refractivity contribution in [3.05, 3.63) is 77.4 Å². The molecule has 5 heterocycles. The zero-order valence-electron chi connectivity index (χ0n) is 18.8. The van der Waals surface area contributed by atoms with Crippen molar-refractivity contribution in [1.82, 2.24) is 29.7 Å². The molecule has 0 spiro atoms. The number of hydrogen-bond acceptors (Lipinski definition) is 9. The predicted octanol–water partition coefficient (Wildman–Crippen LogP) is 1.10. The Morgan fingerprint density at radius 1 is 1.08 bits per heavy atom. The number of fused-ring (bicyclic) bond motifs is 3. The van der Waals surface area contributed by atoms with Crippen LogP contribution >= 0.6 is 0 Å². The van der Waals surface area contributed by atoms with Crippen molar-refractivity contribution < 1.29 is 14.6 Å². The van der Waals surface area contributed by atoms with Crippen molar-refractivity contribution in [2.75, 3.05) is 23.8 Å². The molecule has 12 nitrogen and oxygen atoms in total. The zero-order chi connectivity index (χ0) is 24.8. The molecule has 2 atom stereocenters. The second-order valence-corrected chi connectivity index (χ2v) is 8.25. The van der Waals surface area contributed by atoms with Crippen LogP contribution in [0.25, 0.3) is 27.4 Å². The van der Waals surface area contributed by atoms with Crippen LogP contribution in [0.2, 0.25) is 0 Å². The molecule has 2 unspecified atom stereocenters. The smallest absolute Gasteiger partial charge is 0.260 e. The second-order valence-electron chi connectivity index (χ2n) is 8.25. The van der Waals surface area contributed by atoms with Crippen molar-refractivity contribution in [3.63, 3.8) is 0 Å². The third-order valence-corrected chi connectivity index (χ3v) is 6.13. The normalized spacial score (nSPS) is 17.1. The molecular formula is C24H20N8O4. The van der Waals surface area contributed by atoms with Crippen LogP contribution in [-0.4, -0.2) is 60.0 Å². The molecule has 1 aliphatic heterocycles. The standard InChI is InChI=1S/C24H20N8O4/c25-21-15-1-2-16-18(14(15)5-9-27-21)23(34)29-22(28-16)19(33)20-24(35)31(11-12-36-20)17-6-10-32(30-17)13-3-7-26-8-4-13/h1-10,19-20,33H,11-12H2,(H2,25,27)(H,28,29,34). The number of carbonyl (C=O) groups excluding carboxylic acids is 1. The van der Waals surface area contributed by atoms with Gasteiger partial charge < -0.3 is 20.6 Å². The zero-order valence-corrected chi connectivity index (χ0v) is 18.8. The number of benzene rings is 1. The Labute approximate surface area is 203 Å². The van der Waals surface area contributed by atoms with E-state index in [4.69, 9.17) is 10.5 Å². The lowest BCUT2D eigenvalue weighted by Crippen LogP contribution is -2.50. The number of aromatic amines is 1. The monoisotopic (exact) mass is 484 g/mol. The summed E-state index contributed by atoms with van der Waals surface area (Å²) in [5.41, 5.74) is 6.60. The van der Waals surface area contributed by atoms with E-state index in [0.29, 0.717) is 33.3 Å². The molecule has 12 heteroatoms. The van der Waals surface area contributed by atoms with Crippen LogP contribution in [0.3, 0.4) is 0 Å². The van der Waals surface area contributed by atoms with Gasteiger partial charge >= 0.3 is 0 Å². The lowest BCUT2D eigenvalue weighted by Gasteiger charge is -2.32. The number of aromatic nitrogens is 6. The number of H-pyrrole nitrogens is 1. The third kappa shape index (κ3) is 3.56. The molecule has 6 rings (SSSR count). The minimum absolute atomic E-state index is 0.0728. The fourth-order valence-electron chi connectivity index (χ4n) is 4.38. The van der Waals surface area contributed by atoms with Gasteiger partial charge in [-0.1, -0.05) is 0 Å². The molecule has 180 valence electrons. The van der Waals surface area contributed by atoms with Crippen LogP contribution in [0.15, 0.2) is 66.0 Å². The van der Waals surface area contributed by atoms with Crippen molar-refractivity contribution in [2.24, 2.45) is 0 Å². The first-order valence-electron chi connectivity index (χ1n) is 11.2. The SMILES string of the molecule is Nc1nccc2c1ccc1nc(C(O)C3OCCN(c4ccn(-c5ccncc5)n4)C3=O)[nH]c(=O)c12. The van der Waals surface area contributed by atoms with Crippen LogP contribution < -0.4 is 16.2 Å². The van der Waals surface area contributed by atoms with Crippen molar-refractivity contribution in [2.45, 2.75) is 12.2 Å². The number of ether oxygens (including phenoxy) is 1. The van der Waals surface area contributed by atoms with Gasteiger partial charge in [0, 0.05) is 41.6 Å². The van der Waals surface area contributed by atoms with E-state index in [0.717, 1.165) is 5.69 Å². The number of nitrogens with one attached hydrogen (secondary N) is 1. The minimum Gasteiger partial charge on any atom is -0.383 e. The van der Waals surface area contributed by atoms with Gasteiger partial charge in [-0.25, -0.2) is 14.6 Å². The molecule has 4 aromatic heterocycles. The highest BCUT2D eigenvalue weighted by Crippen LogP contribution is 2.27. The van der Waals surface area contributed by atoms with Crippen molar-refractivity contribution >= 4 is 39.2 Å². The summed E-state index contributed by atoms with van der Waals surface area (Å²) in [5, 5.41) is 17.1. The molecule has 0 saturated carbocycles. The molecular weight excluding hydrogens is 464 g/mol. The van der Waals surface area contributed by atoms with Gasteiger partial charge in [-0.05, 0) is 30.3 Å². The highest BCUT2D eigenvalue weighted by Gasteiger charge is 2.38. The molecule has 0 radical (unpaired) electrons. The fraction of sp³-hybridized carbons (Fsp3) is 0.167. The van der Waals surface area contributed by atoms with Gasteiger partial charge in [-0.3, -0.25) is 19.5 Å². The molecule has 36 heavy (non-hydrogen) atoms. The quantitative estimate of drug-likeness (QED) is 0.317. The number of nitrogen functional groups attached to an aromatic ring is 1. The number of morpholine rings is 1. The number of hydrogen-bond donors (Lipinski definition) is 3. The number of nitrogens with zero attached hydrogens (tertiary/aromatic N) is 6. The maximum Gasteiger partial charge on any atom is 0.260 e. The number of anilines is 2. The van der Waals surface area contributed by atoms with Crippen LogP contribution in [0.5, 0.6) is 0 Å². The number of pyridine rings is 2. The Kier molecular flexibility index (Phi) is 5.16. The summed E-state index contributed by atoms with van der Waals surface area (Å²) in [6.45, 7) is 0.433. The van der Waals surface area contributed by atoms with Gasteiger partial charge in [0.05, 0.1) is 29.7 Å². The van der Waals surface area contributed by atoms with Gasteiger partial charge in [0.2, 0.25) is 0 Å². The van der Waals surface area contributed by atoms with Crippen molar-refractivity contribution in [3.8, 4) is 5.69 Å². The Bertz CT molecular complexity index is 1670. The molecule has 1 aliphatic rings. The van der Waals surface area contributed by atoms with Crippen LogP contribution in [0.1, 0.15) is 11.9 Å². The molecule has 1 aromatic carbocycles. The highest BCUT2D eigenvalue weighted by atomic mass is 16.5. The highest BCUT2D eigenvalue weighted by molar-refractivity contribution is 6.08. The fourth-order valence-corrected chi connectivity index (χ4v) is 4.38. The Hall–Kier alpha value is -4.68. The van der Waals surface area contributed by atoms with E-state index in [2.05, 4.69) is 25.0 Å². The summed E-state index contributed by atoms with van der Waals surface area (Å²) in [7, 11) is 0. The molecule has 4 N–H and O–H groups in total. The Morgan fingerprint density at radius 3 is 2.75 bits per heavy atom. The van der Waals surface area contributed by atoms with E-state index < -0.39 is 23.7 Å². The first kappa shape index (κ1) is 21.8. The maximum absolute atomic E-state index is 13.3. The maximum atomic E-state index is 13.3. The summed E-state index contributed by atoms with van der Waals surface area (Å²) < 4.78 is 7.24. The van der Waals surface area contributed by atoms with Gasteiger partial charge in [-0.15, -0.1) is 5.10 Å². The lowest BCUT2D eigenvalue weighted by molar-refractivity contribution is -0.143. The Morgan fingerprint density at radius 2 is 1.92 bits per heavy atom. The van der Waals surface area contributed by atoms with E-state index in [-0.39, 0.29) is 19.0 Å². The van der Waals surface area contributed by atoms with Gasteiger partial charge in [0.25, 0.3) is 11.5 Å². The van der Waals surface area contributed by atoms with Crippen LogP contribution in [0.4, 0.5) is 11.6 Å². The van der Waals surface area contributed by atoms with E-state index in [1.165, 1.54) is 11.1 Å². The molecule has 1 saturated heterocycles. The predicted molar refractivity (Wildman–Crippen MR) is 130 cm³/mol. The van der Waals surface area contributed by atoms with E-state index in [1.807, 2.05) is 0 Å². The third-order valence-electron chi connectivity index (χ3n) is 6.13. The average molecular weight is 484 g/mol. The van der Waals surface area contributed by atoms with Crippen molar-refractivity contribution in [1.29, 1.82) is 0 Å². The molecule has 0 aliphatic carbocycles. The van der Waals surface area contributed by atoms with Crippen LogP contribution in [-0.2, 0) is 9.53 Å². The number of nitrogens with two attached hydrogens (primary N) is 1. The summed E-state index contributed by atoms with van der Waals surface area (Å²) >= 11 is 0. The molecule has 1 fully saturated rings. The van der Waals surface area contributed by atoms with E-state index >= 15 is 0 Å².